The normalized spacial score (nSPS) is 15.8. The Labute approximate surface area is 117 Å². The zero-order chi connectivity index (χ0) is 14.4. The van der Waals surface area contributed by atoms with E-state index in [9.17, 15) is 10.1 Å². The van der Waals surface area contributed by atoms with Gasteiger partial charge < -0.3 is 10.1 Å². The molecule has 2 heterocycles. The lowest BCUT2D eigenvalue weighted by Crippen LogP contribution is -2.33. The van der Waals surface area contributed by atoms with Gasteiger partial charge in [-0.05, 0) is 25.9 Å². The summed E-state index contributed by atoms with van der Waals surface area (Å²) in [6, 6.07) is 0. The molecule has 0 unspecified atom stereocenters. The van der Waals surface area contributed by atoms with Crippen LogP contribution in [0.4, 0.5) is 11.5 Å². The summed E-state index contributed by atoms with van der Waals surface area (Å²) < 4.78 is 5.47. The highest BCUT2D eigenvalue weighted by atomic mass is 16.6. The molecule has 1 aromatic heterocycles. The van der Waals surface area contributed by atoms with E-state index in [4.69, 9.17) is 4.74 Å². The van der Waals surface area contributed by atoms with Gasteiger partial charge in [0.15, 0.2) is 0 Å². The summed E-state index contributed by atoms with van der Waals surface area (Å²) in [5.74, 6) is 0.185. The second-order valence-electron chi connectivity index (χ2n) is 4.63. The van der Waals surface area contributed by atoms with Gasteiger partial charge in [0.05, 0.1) is 4.92 Å². The Kier molecular flexibility index (Phi) is 5.05. The van der Waals surface area contributed by atoms with Gasteiger partial charge in [-0.3, -0.25) is 15.0 Å². The number of aromatic nitrogens is 2. The van der Waals surface area contributed by atoms with Crippen LogP contribution in [0.3, 0.4) is 0 Å². The number of nitrogens with one attached hydrogen (secondary N) is 1. The van der Waals surface area contributed by atoms with Crippen LogP contribution in [-0.2, 0) is 0 Å². The van der Waals surface area contributed by atoms with Gasteiger partial charge in [-0.25, -0.2) is 4.98 Å². The molecule has 1 fully saturated rings. The summed E-state index contributed by atoms with van der Waals surface area (Å²) in [7, 11) is 1.58. The Morgan fingerprint density at radius 2 is 2.15 bits per heavy atom. The minimum absolute atomic E-state index is 0.0198. The maximum absolute atomic E-state index is 11.1. The van der Waals surface area contributed by atoms with Gasteiger partial charge in [-0.2, -0.15) is 4.98 Å². The lowest BCUT2D eigenvalue weighted by atomic mass is 10.1. The zero-order valence-corrected chi connectivity index (χ0v) is 11.5. The average Bonchev–Trinajstić information content (AvgIpc) is 2.47. The largest absolute Gasteiger partial charge is 0.471 e. The number of hydrogen-bond acceptors (Lipinski definition) is 7. The monoisotopic (exact) mass is 281 g/mol. The highest BCUT2D eigenvalue weighted by Crippen LogP contribution is 2.30. The number of ether oxygens (including phenoxy) is 1. The quantitative estimate of drug-likeness (QED) is 0.620. The molecule has 110 valence electrons. The van der Waals surface area contributed by atoms with E-state index in [2.05, 4.69) is 20.2 Å². The third-order valence-electron chi connectivity index (χ3n) is 3.30. The fourth-order valence-electron chi connectivity index (χ4n) is 2.27. The van der Waals surface area contributed by atoms with E-state index in [-0.39, 0.29) is 17.4 Å². The van der Waals surface area contributed by atoms with Gasteiger partial charge in [0.2, 0.25) is 5.82 Å². The highest BCUT2D eigenvalue weighted by Gasteiger charge is 2.23. The van der Waals surface area contributed by atoms with E-state index in [1.807, 2.05) is 0 Å². The van der Waals surface area contributed by atoms with Gasteiger partial charge in [-0.1, -0.05) is 6.42 Å². The molecular formula is C12H19N5O3. The van der Waals surface area contributed by atoms with E-state index in [1.54, 1.807) is 7.05 Å². The standard InChI is InChI=1S/C12H19N5O3/c1-13-11-10(17(18)19)12(15-9-14-11)20-8-7-16-5-3-2-4-6-16/h9H,2-8H2,1H3,(H,13,14,15). The van der Waals surface area contributed by atoms with Crippen LogP contribution in [0, 0.1) is 10.1 Å². The third kappa shape index (κ3) is 3.53. The van der Waals surface area contributed by atoms with E-state index in [0.29, 0.717) is 6.61 Å². The third-order valence-corrected chi connectivity index (χ3v) is 3.30. The number of nitro groups is 1. The van der Waals surface area contributed by atoms with Crippen LogP contribution in [0.2, 0.25) is 0 Å². The molecule has 0 bridgehead atoms. The molecular weight excluding hydrogens is 262 g/mol. The average molecular weight is 281 g/mol. The molecule has 0 aromatic carbocycles. The first-order chi connectivity index (χ1) is 9.72. The molecule has 0 spiro atoms. The van der Waals surface area contributed by atoms with Crippen LogP contribution in [0.5, 0.6) is 5.88 Å². The molecule has 8 nitrogen and oxygen atoms in total. The van der Waals surface area contributed by atoms with Crippen LogP contribution >= 0.6 is 0 Å². The SMILES string of the molecule is CNc1ncnc(OCCN2CCCCC2)c1[N+](=O)[O-]. The smallest absolute Gasteiger partial charge is 0.372 e. The Balaban J connectivity index is 1.96. The summed E-state index contributed by atoms with van der Waals surface area (Å²) in [5, 5.41) is 13.7. The van der Waals surface area contributed by atoms with Crippen LogP contribution in [0.1, 0.15) is 19.3 Å². The molecule has 0 atom stereocenters. The van der Waals surface area contributed by atoms with Crippen molar-refractivity contribution in [2.75, 3.05) is 38.6 Å². The van der Waals surface area contributed by atoms with Crippen molar-refractivity contribution in [1.82, 2.24) is 14.9 Å². The summed E-state index contributed by atoms with van der Waals surface area (Å²) >= 11 is 0. The van der Waals surface area contributed by atoms with Gasteiger partial charge in [0.1, 0.15) is 12.9 Å². The van der Waals surface area contributed by atoms with Crippen LogP contribution < -0.4 is 10.1 Å². The van der Waals surface area contributed by atoms with Crippen molar-refractivity contribution < 1.29 is 9.66 Å². The number of hydrogen-bond donors (Lipinski definition) is 1. The predicted molar refractivity (Wildman–Crippen MR) is 74.0 cm³/mol. The Morgan fingerprint density at radius 3 is 2.80 bits per heavy atom. The lowest BCUT2D eigenvalue weighted by molar-refractivity contribution is -0.385. The predicted octanol–water partition coefficient (Wildman–Crippen LogP) is 1.29. The number of nitrogens with zero attached hydrogens (tertiary/aromatic N) is 4. The highest BCUT2D eigenvalue weighted by molar-refractivity contribution is 5.60. The Bertz CT molecular complexity index is 462. The van der Waals surface area contributed by atoms with Crippen molar-refractivity contribution in [2.45, 2.75) is 19.3 Å². The fraction of sp³-hybridized carbons (Fsp3) is 0.667. The molecule has 1 aliphatic rings. The second kappa shape index (κ2) is 6.99. The number of rotatable bonds is 6. The number of anilines is 1. The molecule has 1 aliphatic heterocycles. The molecule has 8 heteroatoms. The summed E-state index contributed by atoms with van der Waals surface area (Å²) in [6.45, 7) is 3.28. The van der Waals surface area contributed by atoms with E-state index in [0.717, 1.165) is 19.6 Å². The minimum Gasteiger partial charge on any atom is -0.471 e. The topological polar surface area (TPSA) is 93.4 Å². The van der Waals surface area contributed by atoms with Crippen LogP contribution in [-0.4, -0.2) is 53.1 Å². The zero-order valence-electron chi connectivity index (χ0n) is 11.5. The Morgan fingerprint density at radius 1 is 1.40 bits per heavy atom. The van der Waals surface area contributed by atoms with Crippen molar-refractivity contribution >= 4 is 11.5 Å². The molecule has 0 amide bonds. The van der Waals surface area contributed by atoms with Gasteiger partial charge in [0.25, 0.3) is 5.88 Å². The van der Waals surface area contributed by atoms with Gasteiger partial charge in [0, 0.05) is 13.6 Å². The number of piperidine rings is 1. The first-order valence-electron chi connectivity index (χ1n) is 6.74. The van der Waals surface area contributed by atoms with E-state index >= 15 is 0 Å². The fourth-order valence-corrected chi connectivity index (χ4v) is 2.27. The molecule has 0 radical (unpaired) electrons. The maximum Gasteiger partial charge on any atom is 0.372 e. The lowest BCUT2D eigenvalue weighted by Gasteiger charge is -2.25. The molecule has 1 aromatic rings. The maximum atomic E-state index is 11.1. The summed E-state index contributed by atoms with van der Waals surface area (Å²) in [4.78, 5) is 20.5. The van der Waals surface area contributed by atoms with Crippen molar-refractivity contribution in [3.8, 4) is 5.88 Å². The van der Waals surface area contributed by atoms with E-state index < -0.39 is 4.92 Å². The molecule has 0 saturated carbocycles. The first kappa shape index (κ1) is 14.4. The second-order valence-corrected chi connectivity index (χ2v) is 4.63. The van der Waals surface area contributed by atoms with Crippen molar-refractivity contribution in [3.05, 3.63) is 16.4 Å². The van der Waals surface area contributed by atoms with E-state index in [1.165, 1.54) is 25.6 Å². The minimum atomic E-state index is -0.526. The molecule has 1 saturated heterocycles. The van der Waals surface area contributed by atoms with Crippen molar-refractivity contribution in [3.63, 3.8) is 0 Å². The molecule has 0 aliphatic carbocycles. The summed E-state index contributed by atoms with van der Waals surface area (Å²) in [5.41, 5.74) is -0.214. The molecule has 2 rings (SSSR count). The van der Waals surface area contributed by atoms with Crippen LogP contribution in [0.25, 0.3) is 0 Å². The van der Waals surface area contributed by atoms with Crippen molar-refractivity contribution in [1.29, 1.82) is 0 Å². The molecule has 20 heavy (non-hydrogen) atoms. The van der Waals surface area contributed by atoms with Gasteiger partial charge >= 0.3 is 5.69 Å². The molecule has 1 N–H and O–H groups in total. The van der Waals surface area contributed by atoms with Crippen LogP contribution in [0.15, 0.2) is 6.33 Å². The van der Waals surface area contributed by atoms with Crippen molar-refractivity contribution in [2.24, 2.45) is 0 Å². The summed E-state index contributed by atoms with van der Waals surface area (Å²) in [6.07, 6.45) is 4.95. The number of likely N-dealkylation sites (tertiary alicyclic amines) is 1. The Hall–Kier alpha value is -1.96. The van der Waals surface area contributed by atoms with Gasteiger partial charge in [-0.15, -0.1) is 0 Å². The first-order valence-corrected chi connectivity index (χ1v) is 6.74.